The zero-order chi connectivity index (χ0) is 54.2. The summed E-state index contributed by atoms with van der Waals surface area (Å²) in [5.74, 6) is 1.63. The fourth-order valence-electron chi connectivity index (χ4n) is 6.16. The minimum atomic E-state index is 0.250. The molecule has 0 radical (unpaired) electrons. The first-order chi connectivity index (χ1) is 36.5. The molecule has 0 fully saturated rings. The van der Waals surface area contributed by atoms with Crippen molar-refractivity contribution in [2.24, 2.45) is 0 Å². The zero-order valence-corrected chi connectivity index (χ0v) is 44.2. The average Bonchev–Trinajstić information content (AvgIpc) is 4.24. The Labute approximate surface area is 459 Å². The SMILES string of the molecule is C=Cc1ccc(NCc2nc(-c3ccccc3Cl)cs2)cc1.C=Cc1ccc(OCc2nc(-c3ccccc3Cl)cs2)cc1.C=Cc1cccc(OCc2nc(-c3ccccc3Cl)cs2)c1.O=C=O.O=C=O.O=C=O. The van der Waals surface area contributed by atoms with Crippen LogP contribution in [0.15, 0.2) is 181 Å². The number of aromatic nitrogens is 3. The highest BCUT2D eigenvalue weighted by atomic mass is 35.5. The lowest BCUT2D eigenvalue weighted by Gasteiger charge is -2.04. The van der Waals surface area contributed by atoms with Crippen molar-refractivity contribution >= 4 is 111 Å². The van der Waals surface area contributed by atoms with Crippen LogP contribution in [-0.4, -0.2) is 33.4 Å². The summed E-state index contributed by atoms with van der Waals surface area (Å²) in [6, 6.07) is 46.9. The van der Waals surface area contributed by atoms with E-state index in [1.165, 1.54) is 0 Å². The van der Waals surface area contributed by atoms with Crippen molar-refractivity contribution in [1.82, 2.24) is 15.0 Å². The van der Waals surface area contributed by atoms with Gasteiger partial charge in [0.15, 0.2) is 0 Å². The normalized spacial score (nSPS) is 9.48. The quantitative estimate of drug-likeness (QED) is 0.103. The summed E-state index contributed by atoms with van der Waals surface area (Å²) >= 11 is 23.4. The van der Waals surface area contributed by atoms with Gasteiger partial charge in [-0.05, 0) is 71.3 Å². The van der Waals surface area contributed by atoms with Crippen molar-refractivity contribution < 1.29 is 38.2 Å². The van der Waals surface area contributed by atoms with Crippen molar-refractivity contribution in [3.05, 3.63) is 228 Å². The third-order valence-electron chi connectivity index (χ3n) is 9.63. The van der Waals surface area contributed by atoms with Gasteiger partial charge in [0.1, 0.15) is 39.7 Å². The molecule has 0 saturated heterocycles. The van der Waals surface area contributed by atoms with Gasteiger partial charge in [-0.15, -0.1) is 34.0 Å². The summed E-state index contributed by atoms with van der Waals surface area (Å²) in [7, 11) is 0. The van der Waals surface area contributed by atoms with Gasteiger partial charge in [-0.25, -0.2) is 15.0 Å². The van der Waals surface area contributed by atoms with Gasteiger partial charge in [0.05, 0.1) is 23.6 Å². The molecular weight excluding hydrogens is 1070 g/mol. The molecule has 0 aliphatic carbocycles. The third kappa shape index (κ3) is 20.3. The minimum absolute atomic E-state index is 0.250. The molecular formula is C57H43Cl3N4O8S3. The van der Waals surface area contributed by atoms with Crippen LogP contribution in [0.1, 0.15) is 31.7 Å². The molecule has 1 N–H and O–H groups in total. The van der Waals surface area contributed by atoms with Crippen molar-refractivity contribution in [2.45, 2.75) is 19.8 Å². The molecule has 378 valence electrons. The van der Waals surface area contributed by atoms with Crippen LogP contribution < -0.4 is 14.8 Å². The molecule has 0 unspecified atom stereocenters. The minimum Gasteiger partial charge on any atom is -0.486 e. The Hall–Kier alpha value is -8.16. The van der Waals surface area contributed by atoms with Crippen LogP contribution in [0.3, 0.4) is 0 Å². The van der Waals surface area contributed by atoms with Crippen molar-refractivity contribution in [3.8, 4) is 45.3 Å². The molecule has 3 heterocycles. The predicted octanol–water partition coefficient (Wildman–Crippen LogP) is 15.3. The fourth-order valence-corrected chi connectivity index (χ4v) is 9.00. The molecule has 0 aliphatic heterocycles. The maximum Gasteiger partial charge on any atom is 0.373 e. The predicted molar refractivity (Wildman–Crippen MR) is 298 cm³/mol. The second kappa shape index (κ2) is 33.5. The van der Waals surface area contributed by atoms with E-state index < -0.39 is 0 Å². The van der Waals surface area contributed by atoms with Gasteiger partial charge in [-0.2, -0.15) is 28.8 Å². The number of nitrogens with one attached hydrogen (secondary N) is 1. The first kappa shape index (κ1) is 59.4. The van der Waals surface area contributed by atoms with Crippen LogP contribution in [0.4, 0.5) is 5.69 Å². The zero-order valence-electron chi connectivity index (χ0n) is 39.5. The molecule has 0 spiro atoms. The number of rotatable bonds is 15. The van der Waals surface area contributed by atoms with Gasteiger partial charge < -0.3 is 14.8 Å². The number of hydrogen-bond acceptors (Lipinski definition) is 15. The van der Waals surface area contributed by atoms with E-state index in [2.05, 4.69) is 40.0 Å². The molecule has 0 atom stereocenters. The standard InChI is InChI=1S/C18H15ClN2S.2C18H14ClNOS.3CO2/c1-2-13-7-9-14(10-8-13)20-11-18-21-17(12-22-18)15-5-3-4-6-16(15)19;1-2-13-6-5-7-14(10-13)21-11-18-20-17(12-22-18)15-8-3-4-9-16(15)19;1-2-13-7-9-14(10-8-13)21-11-18-20-17(12-22-18)15-5-3-4-6-16(15)19;3*2-1-3/h2-10,12,20H,1,11H2;2*2-10,12H,1,11H2;;;. The molecule has 0 saturated carbocycles. The van der Waals surface area contributed by atoms with Gasteiger partial charge >= 0.3 is 18.5 Å². The van der Waals surface area contributed by atoms with Crippen LogP contribution >= 0.6 is 68.8 Å². The summed E-state index contributed by atoms with van der Waals surface area (Å²) in [6.07, 6.45) is 6.19. The summed E-state index contributed by atoms with van der Waals surface area (Å²) in [6.45, 7) is 12.8. The van der Waals surface area contributed by atoms with E-state index in [0.29, 0.717) is 29.8 Å². The number of ether oxygens (including phenoxy) is 2. The van der Waals surface area contributed by atoms with Crippen LogP contribution in [0.5, 0.6) is 11.5 Å². The molecule has 0 aliphatic rings. The Kier molecular flexibility index (Phi) is 26.6. The first-order valence-electron chi connectivity index (χ1n) is 21.8. The number of hydrogen-bond donors (Lipinski definition) is 1. The number of anilines is 1. The Balaban J connectivity index is 0.000000225. The molecule has 6 aromatic carbocycles. The topological polar surface area (TPSA) is 172 Å². The van der Waals surface area contributed by atoms with Gasteiger partial charge in [0, 0.05) is 53.6 Å². The van der Waals surface area contributed by atoms with Crippen LogP contribution in [0.2, 0.25) is 15.1 Å². The monoisotopic (exact) mass is 1110 g/mol. The van der Waals surface area contributed by atoms with Gasteiger partial charge in [-0.1, -0.05) is 164 Å². The van der Waals surface area contributed by atoms with Crippen molar-refractivity contribution in [2.75, 3.05) is 5.32 Å². The summed E-state index contributed by atoms with van der Waals surface area (Å²) < 4.78 is 11.5. The molecule has 18 heteroatoms. The highest BCUT2D eigenvalue weighted by Crippen LogP contribution is 2.32. The Morgan fingerprint density at radius 2 is 0.827 bits per heavy atom. The number of halogens is 3. The average molecular weight is 1110 g/mol. The maximum absolute atomic E-state index is 8.12. The smallest absolute Gasteiger partial charge is 0.373 e. The molecule has 75 heavy (non-hydrogen) atoms. The van der Waals surface area contributed by atoms with E-state index >= 15 is 0 Å². The fraction of sp³-hybridized carbons (Fsp3) is 0.0526. The molecule has 3 aromatic heterocycles. The molecule has 0 bridgehead atoms. The third-order valence-corrected chi connectivity index (χ3v) is 13.1. The molecule has 12 nitrogen and oxygen atoms in total. The number of thiazole rings is 3. The summed E-state index contributed by atoms with van der Waals surface area (Å²) in [5.41, 5.74) is 9.85. The largest absolute Gasteiger partial charge is 0.486 e. The maximum atomic E-state index is 8.12. The Bertz CT molecular complexity index is 3160. The lowest BCUT2D eigenvalue weighted by atomic mass is 10.2. The number of benzene rings is 6. The second-order valence-corrected chi connectivity index (χ2v) is 18.4. The summed E-state index contributed by atoms with van der Waals surface area (Å²) in [4.78, 5) is 62.6. The Morgan fingerprint density at radius 3 is 1.24 bits per heavy atom. The Morgan fingerprint density at radius 1 is 0.453 bits per heavy atom. The highest BCUT2D eigenvalue weighted by Gasteiger charge is 2.11. The lowest BCUT2D eigenvalue weighted by molar-refractivity contribution is -0.193. The number of nitrogens with zero attached hydrogens (tertiary/aromatic N) is 3. The molecule has 0 amide bonds. The van der Waals surface area contributed by atoms with Crippen molar-refractivity contribution in [3.63, 3.8) is 0 Å². The highest BCUT2D eigenvalue weighted by molar-refractivity contribution is 7.10. The van der Waals surface area contributed by atoms with Crippen LogP contribution in [0.25, 0.3) is 52.0 Å². The number of carbonyl (C=O) groups excluding carboxylic acids is 6. The second-order valence-electron chi connectivity index (χ2n) is 14.4. The summed E-state index contributed by atoms with van der Waals surface area (Å²) in [5, 5.41) is 14.4. The van der Waals surface area contributed by atoms with E-state index in [-0.39, 0.29) is 18.5 Å². The molecule has 9 aromatic rings. The van der Waals surface area contributed by atoms with Crippen molar-refractivity contribution in [1.29, 1.82) is 0 Å². The van der Waals surface area contributed by atoms with E-state index in [9.17, 15) is 0 Å². The first-order valence-corrected chi connectivity index (χ1v) is 25.5. The van der Waals surface area contributed by atoms with Gasteiger partial charge in [0.25, 0.3) is 0 Å². The van der Waals surface area contributed by atoms with Gasteiger partial charge in [-0.3, -0.25) is 0 Å². The lowest BCUT2D eigenvalue weighted by Crippen LogP contribution is -1.98. The van der Waals surface area contributed by atoms with E-state index in [1.807, 2.05) is 168 Å². The van der Waals surface area contributed by atoms with E-state index in [0.717, 1.165) is 87.7 Å². The van der Waals surface area contributed by atoms with Crippen LogP contribution in [-0.2, 0) is 48.5 Å². The molecule has 9 rings (SSSR count). The van der Waals surface area contributed by atoms with Gasteiger partial charge in [0.2, 0.25) is 0 Å². The van der Waals surface area contributed by atoms with Crippen LogP contribution in [0, 0.1) is 0 Å². The van der Waals surface area contributed by atoms with E-state index in [1.54, 1.807) is 46.2 Å². The van der Waals surface area contributed by atoms with E-state index in [4.69, 9.17) is 73.0 Å².